The molecule has 7 heteroatoms. The van der Waals surface area contributed by atoms with Crippen molar-refractivity contribution < 1.29 is 14.3 Å². The second-order valence-electron chi connectivity index (χ2n) is 8.81. The Labute approximate surface area is 211 Å². The van der Waals surface area contributed by atoms with E-state index in [1.807, 2.05) is 57.2 Å². The van der Waals surface area contributed by atoms with Crippen LogP contribution in [0.5, 0.6) is 5.75 Å². The van der Waals surface area contributed by atoms with Gasteiger partial charge in [0.05, 0.1) is 4.47 Å². The highest BCUT2D eigenvalue weighted by Crippen LogP contribution is 2.29. The van der Waals surface area contributed by atoms with Gasteiger partial charge in [-0.1, -0.05) is 70.5 Å². The van der Waals surface area contributed by atoms with E-state index in [2.05, 4.69) is 35.1 Å². The molecule has 2 amide bonds. The molecule has 2 aromatic rings. The van der Waals surface area contributed by atoms with Gasteiger partial charge >= 0.3 is 0 Å². The highest BCUT2D eigenvalue weighted by molar-refractivity contribution is 9.10. The summed E-state index contributed by atoms with van der Waals surface area (Å²) < 4.78 is 6.64. The number of ether oxygens (including phenoxy) is 1. The third-order valence-electron chi connectivity index (χ3n) is 5.34. The molecule has 0 aliphatic carbocycles. The predicted molar refractivity (Wildman–Crippen MR) is 138 cm³/mol. The zero-order chi connectivity index (χ0) is 24.5. The lowest BCUT2D eigenvalue weighted by molar-refractivity contribution is -0.143. The number of benzene rings is 2. The molecular weight excluding hydrogens is 504 g/mol. The van der Waals surface area contributed by atoms with Crippen molar-refractivity contribution in [1.82, 2.24) is 10.2 Å². The number of halogens is 2. The average molecular weight is 538 g/mol. The van der Waals surface area contributed by atoms with Crippen LogP contribution in [-0.4, -0.2) is 35.9 Å². The maximum atomic E-state index is 13.3. The summed E-state index contributed by atoms with van der Waals surface area (Å²) in [6, 6.07) is 12.6. The molecule has 1 N–H and O–H groups in total. The fraction of sp³-hybridized carbons (Fsp3) is 0.462. The van der Waals surface area contributed by atoms with Gasteiger partial charge < -0.3 is 15.0 Å². The lowest BCUT2D eigenvalue weighted by Gasteiger charge is -2.31. The third-order valence-corrected chi connectivity index (χ3v) is 6.33. The molecule has 0 saturated heterocycles. The zero-order valence-corrected chi connectivity index (χ0v) is 22.4. The largest absolute Gasteiger partial charge is 0.483 e. The maximum Gasteiger partial charge on any atom is 0.261 e. The molecule has 1 atom stereocenters. The van der Waals surface area contributed by atoms with E-state index in [0.717, 1.165) is 10.0 Å². The van der Waals surface area contributed by atoms with Gasteiger partial charge in [-0.25, -0.2) is 0 Å². The molecular formula is C26H34BrClN2O3. The molecule has 0 saturated carbocycles. The van der Waals surface area contributed by atoms with Gasteiger partial charge in [0.25, 0.3) is 5.91 Å². The average Bonchev–Trinajstić information content (AvgIpc) is 2.77. The van der Waals surface area contributed by atoms with Crippen LogP contribution < -0.4 is 10.1 Å². The van der Waals surface area contributed by atoms with Gasteiger partial charge in [0.2, 0.25) is 5.91 Å². The molecule has 2 aromatic carbocycles. The van der Waals surface area contributed by atoms with Crippen LogP contribution in [0.25, 0.3) is 0 Å². The summed E-state index contributed by atoms with van der Waals surface area (Å²) >= 11 is 9.90. The van der Waals surface area contributed by atoms with Crippen LogP contribution in [0.15, 0.2) is 46.9 Å². The number of nitrogens with one attached hydrogen (secondary N) is 1. The molecule has 0 aromatic heterocycles. The molecule has 0 fully saturated rings. The van der Waals surface area contributed by atoms with Crippen molar-refractivity contribution in [3.8, 4) is 5.75 Å². The minimum Gasteiger partial charge on any atom is -0.483 e. The summed E-state index contributed by atoms with van der Waals surface area (Å²) in [4.78, 5) is 27.8. The summed E-state index contributed by atoms with van der Waals surface area (Å²) in [5.74, 6) is 0.838. The minimum atomic E-state index is -0.622. The van der Waals surface area contributed by atoms with Crippen LogP contribution in [0.3, 0.4) is 0 Å². The summed E-state index contributed by atoms with van der Waals surface area (Å²) in [6.07, 6.45) is 0.479. The highest BCUT2D eigenvalue weighted by Gasteiger charge is 2.29. The third kappa shape index (κ3) is 8.04. The normalized spacial score (nSPS) is 12.0. The Morgan fingerprint density at radius 1 is 1.12 bits per heavy atom. The summed E-state index contributed by atoms with van der Waals surface area (Å²) in [5, 5.41) is 3.51. The van der Waals surface area contributed by atoms with Crippen molar-refractivity contribution in [2.45, 2.75) is 59.5 Å². The number of hydrogen-bond donors (Lipinski definition) is 1. The van der Waals surface area contributed by atoms with E-state index in [9.17, 15) is 9.59 Å². The van der Waals surface area contributed by atoms with Crippen LogP contribution in [0.2, 0.25) is 5.02 Å². The van der Waals surface area contributed by atoms with Gasteiger partial charge in [0, 0.05) is 18.1 Å². The van der Waals surface area contributed by atoms with E-state index >= 15 is 0 Å². The summed E-state index contributed by atoms with van der Waals surface area (Å²) in [6.45, 7) is 10.8. The molecule has 5 nitrogen and oxygen atoms in total. The number of carbonyl (C=O) groups excluding carboxylic acids is 2. The molecule has 33 heavy (non-hydrogen) atoms. The molecule has 180 valence electrons. The van der Waals surface area contributed by atoms with Crippen LogP contribution >= 0.6 is 27.5 Å². The van der Waals surface area contributed by atoms with Crippen molar-refractivity contribution >= 4 is 39.3 Å². The molecule has 0 spiro atoms. The summed E-state index contributed by atoms with van der Waals surface area (Å²) in [5.41, 5.74) is 1.96. The minimum absolute atomic E-state index is 0.172. The van der Waals surface area contributed by atoms with Gasteiger partial charge in [-0.3, -0.25) is 9.59 Å². The Morgan fingerprint density at radius 2 is 1.82 bits per heavy atom. The number of carbonyl (C=O) groups is 2. The van der Waals surface area contributed by atoms with E-state index in [1.165, 1.54) is 5.56 Å². The van der Waals surface area contributed by atoms with Crippen molar-refractivity contribution in [3.05, 3.63) is 63.1 Å². The van der Waals surface area contributed by atoms with E-state index in [4.69, 9.17) is 16.3 Å². The maximum absolute atomic E-state index is 13.3. The first-order chi connectivity index (χ1) is 15.6. The molecule has 0 aliphatic heterocycles. The van der Waals surface area contributed by atoms with Crippen LogP contribution in [0.4, 0.5) is 0 Å². The Hall–Kier alpha value is -2.05. The molecule has 0 unspecified atom stereocenters. The van der Waals surface area contributed by atoms with Crippen molar-refractivity contribution in [3.63, 3.8) is 0 Å². The number of hydrogen-bond acceptors (Lipinski definition) is 3. The monoisotopic (exact) mass is 536 g/mol. The number of nitrogens with zero attached hydrogens (tertiary/aromatic N) is 1. The topological polar surface area (TPSA) is 58.6 Å². The fourth-order valence-corrected chi connectivity index (χ4v) is 4.07. The van der Waals surface area contributed by atoms with Crippen LogP contribution in [-0.2, 0) is 16.1 Å². The van der Waals surface area contributed by atoms with Gasteiger partial charge in [0.15, 0.2) is 6.61 Å². The van der Waals surface area contributed by atoms with Crippen LogP contribution in [0.1, 0.15) is 58.1 Å². The lowest BCUT2D eigenvalue weighted by atomic mass is 10.0. The van der Waals surface area contributed by atoms with E-state index in [1.54, 1.807) is 11.0 Å². The second kappa shape index (κ2) is 13.0. The van der Waals surface area contributed by atoms with Crippen molar-refractivity contribution in [2.75, 3.05) is 13.2 Å². The molecule has 0 bridgehead atoms. The standard InChI is InChI=1S/C26H34BrClN2O3/c1-6-23(26(32)29-14-17(2)3)30(15-20-9-7-8-10-22(20)28)25(31)16-33-24-12-11-19(18(4)5)13-21(24)27/h7-13,17-18,23H,6,14-16H2,1-5H3,(H,29,32)/t23-/m0/s1. The quantitative estimate of drug-likeness (QED) is 0.372. The number of rotatable bonds is 11. The first kappa shape index (κ1) is 27.2. The predicted octanol–water partition coefficient (Wildman–Crippen LogP) is 6.18. The van der Waals surface area contributed by atoms with Gasteiger partial charge in [-0.2, -0.15) is 0 Å². The smallest absolute Gasteiger partial charge is 0.261 e. The first-order valence-corrected chi connectivity index (χ1v) is 12.5. The van der Waals surface area contributed by atoms with Gasteiger partial charge in [-0.05, 0) is 63.5 Å². The Balaban J connectivity index is 2.23. The van der Waals surface area contributed by atoms with Crippen molar-refractivity contribution in [1.29, 1.82) is 0 Å². The SMILES string of the molecule is CC[C@@H](C(=O)NCC(C)C)N(Cc1ccccc1Cl)C(=O)COc1ccc(C(C)C)cc1Br. The fourth-order valence-electron chi connectivity index (χ4n) is 3.37. The summed E-state index contributed by atoms with van der Waals surface area (Å²) in [7, 11) is 0. The molecule has 0 heterocycles. The van der Waals surface area contributed by atoms with E-state index < -0.39 is 6.04 Å². The second-order valence-corrected chi connectivity index (χ2v) is 10.1. The lowest BCUT2D eigenvalue weighted by Crippen LogP contribution is -2.50. The Kier molecular flexibility index (Phi) is 10.7. The zero-order valence-electron chi connectivity index (χ0n) is 20.0. The van der Waals surface area contributed by atoms with Crippen molar-refractivity contribution in [2.24, 2.45) is 5.92 Å². The molecule has 2 rings (SSSR count). The number of amides is 2. The molecule has 0 aliphatic rings. The first-order valence-electron chi connectivity index (χ1n) is 11.4. The van der Waals surface area contributed by atoms with Gasteiger partial charge in [-0.15, -0.1) is 0 Å². The Morgan fingerprint density at radius 3 is 2.39 bits per heavy atom. The Bertz CT molecular complexity index is 949. The van der Waals surface area contributed by atoms with Gasteiger partial charge in [0.1, 0.15) is 11.8 Å². The highest BCUT2D eigenvalue weighted by atomic mass is 79.9. The molecule has 0 radical (unpaired) electrons. The van der Waals surface area contributed by atoms with E-state index in [-0.39, 0.29) is 25.0 Å². The van der Waals surface area contributed by atoms with E-state index in [0.29, 0.717) is 35.6 Å². The van der Waals surface area contributed by atoms with Crippen LogP contribution in [0, 0.1) is 5.92 Å².